The van der Waals surface area contributed by atoms with Crippen molar-refractivity contribution in [2.45, 2.75) is 45.7 Å². The van der Waals surface area contributed by atoms with Gasteiger partial charge in [-0.05, 0) is 42.5 Å². The molecule has 1 fully saturated rings. The Balaban J connectivity index is 2.24. The molecule has 106 valence electrons. The molecule has 19 heavy (non-hydrogen) atoms. The third-order valence-corrected chi connectivity index (χ3v) is 4.72. The van der Waals surface area contributed by atoms with E-state index in [0.717, 1.165) is 24.0 Å². The van der Waals surface area contributed by atoms with Crippen LogP contribution in [0.15, 0.2) is 28.7 Å². The van der Waals surface area contributed by atoms with Crippen LogP contribution in [0.4, 0.5) is 0 Å². The Morgan fingerprint density at radius 2 is 1.95 bits per heavy atom. The van der Waals surface area contributed by atoms with Gasteiger partial charge in [-0.1, -0.05) is 48.8 Å². The third-order valence-electron chi connectivity index (χ3n) is 4.19. The van der Waals surface area contributed by atoms with E-state index in [9.17, 15) is 0 Å². The van der Waals surface area contributed by atoms with Gasteiger partial charge in [0.15, 0.2) is 0 Å². The Hall–Kier alpha value is -0.380. The maximum atomic E-state index is 6.40. The summed E-state index contributed by atoms with van der Waals surface area (Å²) in [6, 6.07) is 9.19. The van der Waals surface area contributed by atoms with Crippen LogP contribution < -0.4 is 5.73 Å². The fourth-order valence-corrected chi connectivity index (χ4v) is 3.27. The number of hydrogen-bond donors (Lipinski definition) is 1. The lowest BCUT2D eigenvalue weighted by Gasteiger charge is -2.33. The van der Waals surface area contributed by atoms with Crippen molar-refractivity contribution in [1.29, 1.82) is 0 Å². The summed E-state index contributed by atoms with van der Waals surface area (Å²) >= 11 is 3.51. The number of benzene rings is 1. The molecule has 2 unspecified atom stereocenters. The summed E-state index contributed by atoms with van der Waals surface area (Å²) in [7, 11) is 0. The van der Waals surface area contributed by atoms with Crippen LogP contribution in [0.1, 0.15) is 45.2 Å². The minimum atomic E-state index is 0.204. The van der Waals surface area contributed by atoms with E-state index in [4.69, 9.17) is 5.73 Å². The molecule has 0 saturated carbocycles. The molecule has 0 spiro atoms. The molecular formula is C16H25BrN2. The molecule has 0 aliphatic carbocycles. The quantitative estimate of drug-likeness (QED) is 0.908. The van der Waals surface area contributed by atoms with Crippen molar-refractivity contribution in [2.75, 3.05) is 13.1 Å². The second kappa shape index (κ2) is 5.94. The topological polar surface area (TPSA) is 29.3 Å². The summed E-state index contributed by atoms with van der Waals surface area (Å²) in [5.74, 6) is 0. The van der Waals surface area contributed by atoms with Crippen LogP contribution in [0.5, 0.6) is 0 Å². The number of likely N-dealkylation sites (tertiary alicyclic amines) is 1. The van der Waals surface area contributed by atoms with Crippen molar-refractivity contribution in [1.82, 2.24) is 4.90 Å². The maximum Gasteiger partial charge on any atom is 0.0499 e. The molecule has 2 N–H and O–H groups in total. The predicted octanol–water partition coefficient (Wildman–Crippen LogP) is 3.96. The summed E-state index contributed by atoms with van der Waals surface area (Å²) in [4.78, 5) is 2.57. The highest BCUT2D eigenvalue weighted by Crippen LogP contribution is 2.36. The van der Waals surface area contributed by atoms with Gasteiger partial charge in [-0.3, -0.25) is 4.90 Å². The summed E-state index contributed by atoms with van der Waals surface area (Å²) in [6.45, 7) is 9.17. The number of rotatable bonds is 4. The minimum absolute atomic E-state index is 0.204. The van der Waals surface area contributed by atoms with Crippen LogP contribution in [0, 0.1) is 5.41 Å². The molecule has 1 aromatic carbocycles. The molecule has 3 heteroatoms. The highest BCUT2D eigenvalue weighted by molar-refractivity contribution is 9.10. The fourth-order valence-electron chi connectivity index (χ4n) is 3.00. The summed E-state index contributed by atoms with van der Waals surface area (Å²) in [5.41, 5.74) is 8.16. The standard InChI is InChI=1S/C16H25BrN2/c1-4-14(18)15(12-5-7-13(17)8-6-12)19-10-9-16(2,3)11-19/h5-8,14-15H,4,9-11,18H2,1-3H3. The van der Waals surface area contributed by atoms with Gasteiger partial charge in [-0.2, -0.15) is 0 Å². The molecule has 1 saturated heterocycles. The molecule has 0 aromatic heterocycles. The van der Waals surface area contributed by atoms with Gasteiger partial charge in [-0.15, -0.1) is 0 Å². The van der Waals surface area contributed by atoms with E-state index in [1.807, 2.05) is 0 Å². The first-order valence-corrected chi connectivity index (χ1v) is 7.97. The molecule has 2 nitrogen and oxygen atoms in total. The molecule has 0 bridgehead atoms. The number of halogens is 1. The van der Waals surface area contributed by atoms with Crippen molar-refractivity contribution in [3.8, 4) is 0 Å². The van der Waals surface area contributed by atoms with Crippen LogP contribution in [-0.2, 0) is 0 Å². The van der Waals surface area contributed by atoms with E-state index in [2.05, 4.69) is 65.9 Å². The fraction of sp³-hybridized carbons (Fsp3) is 0.625. The van der Waals surface area contributed by atoms with Crippen LogP contribution in [0.3, 0.4) is 0 Å². The van der Waals surface area contributed by atoms with Gasteiger partial charge in [-0.25, -0.2) is 0 Å². The van der Waals surface area contributed by atoms with Gasteiger partial charge in [0, 0.05) is 23.1 Å². The van der Waals surface area contributed by atoms with E-state index >= 15 is 0 Å². The minimum Gasteiger partial charge on any atom is -0.326 e. The molecule has 1 aliphatic rings. The molecule has 1 heterocycles. The van der Waals surface area contributed by atoms with Crippen molar-refractivity contribution in [3.05, 3.63) is 34.3 Å². The lowest BCUT2D eigenvalue weighted by Crippen LogP contribution is -2.40. The Bertz CT molecular complexity index is 413. The lowest BCUT2D eigenvalue weighted by molar-refractivity contribution is 0.189. The third kappa shape index (κ3) is 3.59. The summed E-state index contributed by atoms with van der Waals surface area (Å²) < 4.78 is 1.13. The second-order valence-electron chi connectivity index (χ2n) is 6.45. The normalized spacial score (nSPS) is 22.4. The van der Waals surface area contributed by atoms with Gasteiger partial charge in [0.1, 0.15) is 0 Å². The second-order valence-corrected chi connectivity index (χ2v) is 7.37. The highest BCUT2D eigenvalue weighted by Gasteiger charge is 2.35. The van der Waals surface area contributed by atoms with Crippen molar-refractivity contribution < 1.29 is 0 Å². The molecular weight excluding hydrogens is 300 g/mol. The van der Waals surface area contributed by atoms with Crippen LogP contribution in [0.2, 0.25) is 0 Å². The smallest absolute Gasteiger partial charge is 0.0499 e. The van der Waals surface area contributed by atoms with Crippen molar-refractivity contribution >= 4 is 15.9 Å². The van der Waals surface area contributed by atoms with E-state index < -0.39 is 0 Å². The molecule has 2 rings (SSSR count). The average Bonchev–Trinajstić information content (AvgIpc) is 2.72. The number of nitrogens with zero attached hydrogens (tertiary/aromatic N) is 1. The maximum absolute atomic E-state index is 6.40. The monoisotopic (exact) mass is 324 g/mol. The molecule has 1 aromatic rings. The first kappa shape index (κ1) is 15.0. The lowest BCUT2D eigenvalue weighted by atomic mass is 9.92. The Morgan fingerprint density at radius 1 is 1.32 bits per heavy atom. The average molecular weight is 325 g/mol. The molecule has 0 amide bonds. The van der Waals surface area contributed by atoms with Crippen LogP contribution in [0.25, 0.3) is 0 Å². The van der Waals surface area contributed by atoms with Gasteiger partial charge < -0.3 is 5.73 Å². The van der Waals surface area contributed by atoms with Gasteiger partial charge in [0.05, 0.1) is 0 Å². The predicted molar refractivity (Wildman–Crippen MR) is 85.1 cm³/mol. The summed E-state index contributed by atoms with van der Waals surface area (Å²) in [6.07, 6.45) is 2.27. The first-order chi connectivity index (χ1) is 8.93. The number of nitrogens with two attached hydrogens (primary N) is 1. The zero-order chi connectivity index (χ0) is 14.0. The molecule has 0 radical (unpaired) electrons. The summed E-state index contributed by atoms with van der Waals surface area (Å²) in [5, 5.41) is 0. The first-order valence-electron chi connectivity index (χ1n) is 7.18. The highest BCUT2D eigenvalue weighted by atomic mass is 79.9. The van der Waals surface area contributed by atoms with Crippen LogP contribution >= 0.6 is 15.9 Å². The zero-order valence-corrected chi connectivity index (χ0v) is 13.8. The van der Waals surface area contributed by atoms with Gasteiger partial charge in [0.25, 0.3) is 0 Å². The number of hydrogen-bond acceptors (Lipinski definition) is 2. The Kier molecular flexibility index (Phi) is 4.70. The Morgan fingerprint density at radius 3 is 2.42 bits per heavy atom. The van der Waals surface area contributed by atoms with Crippen molar-refractivity contribution in [2.24, 2.45) is 11.1 Å². The largest absolute Gasteiger partial charge is 0.326 e. The van der Waals surface area contributed by atoms with E-state index in [1.54, 1.807) is 0 Å². The van der Waals surface area contributed by atoms with E-state index in [0.29, 0.717) is 11.5 Å². The zero-order valence-electron chi connectivity index (χ0n) is 12.2. The van der Waals surface area contributed by atoms with E-state index in [-0.39, 0.29) is 6.04 Å². The SMILES string of the molecule is CCC(N)C(c1ccc(Br)cc1)N1CCC(C)(C)C1. The Labute approximate surface area is 125 Å². The molecule has 2 atom stereocenters. The van der Waals surface area contributed by atoms with Crippen LogP contribution in [-0.4, -0.2) is 24.0 Å². The van der Waals surface area contributed by atoms with Gasteiger partial charge >= 0.3 is 0 Å². The molecule has 1 aliphatic heterocycles. The van der Waals surface area contributed by atoms with Gasteiger partial charge in [0.2, 0.25) is 0 Å². The van der Waals surface area contributed by atoms with Crippen molar-refractivity contribution in [3.63, 3.8) is 0 Å². The van der Waals surface area contributed by atoms with E-state index in [1.165, 1.54) is 12.0 Å².